The number of aliphatic hydroxyl groups is 2. The van der Waals surface area contributed by atoms with Crippen LogP contribution in [0.25, 0.3) is 0 Å². The van der Waals surface area contributed by atoms with Crippen LogP contribution in [-0.2, 0) is 20.7 Å². The second-order valence-electron chi connectivity index (χ2n) is 11.4. The molecule has 8 nitrogen and oxygen atoms in total. The van der Waals surface area contributed by atoms with Crippen LogP contribution in [-0.4, -0.2) is 62.0 Å². The van der Waals surface area contributed by atoms with Crippen LogP contribution in [0, 0.1) is 11.8 Å². The highest BCUT2D eigenvalue weighted by molar-refractivity contribution is 6.30. The van der Waals surface area contributed by atoms with Crippen LogP contribution >= 0.6 is 11.6 Å². The molecular formula is C35H47ClN2O6. The fraction of sp³-hybridized carbons (Fsp3) is 0.486. The second-order valence-corrected chi connectivity index (χ2v) is 11.9. The van der Waals surface area contributed by atoms with Gasteiger partial charge < -0.3 is 29.9 Å². The van der Waals surface area contributed by atoms with Crippen molar-refractivity contribution in [3.05, 3.63) is 83.4 Å². The van der Waals surface area contributed by atoms with E-state index in [9.17, 15) is 15.0 Å². The molecule has 1 aliphatic carbocycles. The maximum Gasteiger partial charge on any atom is 0.292 e. The standard InChI is InChI=1S/C33H43ClN2O4.C2H4O2/c1-4-7-15-35-33(39)18-31(38)23-10-14-32-29(17-23)36(19-24-9-12-28(24)30(37)6-3)20-25(21-40-32)27-13-11-26(34)16-22(27)8-5-2;1-4-2-3/h4,6,10-11,13-14,16-17,24-25,28,30-31,37-38H,1,3,5,7-9,12,15,18-21H2,2H3,(H,35,39);2H,1H3. The molecule has 0 radical (unpaired) electrons. The quantitative estimate of drug-likeness (QED) is 0.139. The van der Waals surface area contributed by atoms with E-state index in [-0.39, 0.29) is 24.2 Å². The Balaban J connectivity index is 0.00000124. The number of nitrogens with zero attached hydrogens (tertiary/aromatic N) is 1. The molecule has 44 heavy (non-hydrogen) atoms. The van der Waals surface area contributed by atoms with Crippen molar-refractivity contribution in [2.45, 2.75) is 63.6 Å². The highest BCUT2D eigenvalue weighted by Gasteiger charge is 2.38. The van der Waals surface area contributed by atoms with Crippen LogP contribution < -0.4 is 15.0 Å². The Hall–Kier alpha value is -3.33. The van der Waals surface area contributed by atoms with E-state index in [1.165, 1.54) is 18.2 Å². The first-order chi connectivity index (χ1) is 21.3. The molecule has 5 atom stereocenters. The summed E-state index contributed by atoms with van der Waals surface area (Å²) in [5.41, 5.74) is 4.09. The molecule has 0 bridgehead atoms. The van der Waals surface area contributed by atoms with Gasteiger partial charge in [0.15, 0.2) is 0 Å². The summed E-state index contributed by atoms with van der Waals surface area (Å²) < 4.78 is 10.3. The zero-order valence-corrected chi connectivity index (χ0v) is 26.7. The Labute approximate surface area is 266 Å². The van der Waals surface area contributed by atoms with E-state index in [4.69, 9.17) is 21.1 Å². The van der Waals surface area contributed by atoms with Gasteiger partial charge in [0.1, 0.15) is 5.75 Å². The molecule has 0 aromatic heterocycles. The zero-order chi connectivity index (χ0) is 32.1. The number of anilines is 1. The number of methoxy groups -OCH3 is 1. The molecular weight excluding hydrogens is 580 g/mol. The molecule has 1 heterocycles. The summed E-state index contributed by atoms with van der Waals surface area (Å²) >= 11 is 6.37. The highest BCUT2D eigenvalue weighted by Crippen LogP contribution is 2.43. The molecule has 2 aliphatic rings. The molecule has 1 saturated carbocycles. The Morgan fingerprint density at radius 2 is 2.00 bits per heavy atom. The zero-order valence-electron chi connectivity index (χ0n) is 25.9. The number of fused-ring (bicyclic) bond motifs is 1. The minimum atomic E-state index is -0.929. The third-order valence-corrected chi connectivity index (χ3v) is 8.65. The van der Waals surface area contributed by atoms with Crippen molar-refractivity contribution in [3.8, 4) is 5.75 Å². The van der Waals surface area contributed by atoms with Gasteiger partial charge in [-0.2, -0.15) is 0 Å². The lowest BCUT2D eigenvalue weighted by Crippen LogP contribution is -2.43. The van der Waals surface area contributed by atoms with Crippen molar-refractivity contribution in [1.29, 1.82) is 0 Å². The first kappa shape index (κ1) is 35.2. The fourth-order valence-corrected chi connectivity index (χ4v) is 6.14. The Morgan fingerprint density at radius 3 is 2.64 bits per heavy atom. The van der Waals surface area contributed by atoms with E-state index >= 15 is 0 Å². The van der Waals surface area contributed by atoms with Gasteiger partial charge in [-0.25, -0.2) is 0 Å². The van der Waals surface area contributed by atoms with Crippen LogP contribution in [0.15, 0.2) is 61.7 Å². The van der Waals surface area contributed by atoms with Gasteiger partial charge in [0.2, 0.25) is 5.91 Å². The normalized spacial score (nSPS) is 20.2. The van der Waals surface area contributed by atoms with Gasteiger partial charge in [-0.3, -0.25) is 9.59 Å². The van der Waals surface area contributed by atoms with Gasteiger partial charge in [-0.1, -0.05) is 49.2 Å². The number of benzene rings is 2. The predicted octanol–water partition coefficient (Wildman–Crippen LogP) is 5.75. The Kier molecular flexibility index (Phi) is 14.2. The lowest BCUT2D eigenvalue weighted by molar-refractivity contribution is -0.126. The maximum absolute atomic E-state index is 12.4. The fourth-order valence-electron chi connectivity index (χ4n) is 5.95. The first-order valence-corrected chi connectivity index (χ1v) is 15.8. The van der Waals surface area contributed by atoms with Gasteiger partial charge in [-0.15, -0.1) is 13.2 Å². The molecule has 2 aromatic rings. The lowest BCUT2D eigenvalue weighted by atomic mass is 9.70. The van der Waals surface area contributed by atoms with Crippen molar-refractivity contribution in [2.75, 3.05) is 38.3 Å². The van der Waals surface area contributed by atoms with Crippen LogP contribution in [0.2, 0.25) is 5.02 Å². The van der Waals surface area contributed by atoms with E-state index in [1.54, 1.807) is 12.2 Å². The number of aryl methyl sites for hydroxylation is 1. The van der Waals surface area contributed by atoms with Crippen molar-refractivity contribution >= 4 is 29.7 Å². The number of halogens is 1. The second kappa shape index (κ2) is 17.8. The first-order valence-electron chi connectivity index (χ1n) is 15.4. The molecule has 240 valence electrons. The molecule has 5 unspecified atom stereocenters. The minimum Gasteiger partial charge on any atom is -0.491 e. The molecule has 4 rings (SSSR count). The SMILES string of the molecule is C=CCCNC(=O)CC(O)c1ccc2c(c1)N(CC1CCC1C(O)C=C)CC(c1ccc(Cl)cc1CCC)CO2.COC=O. The van der Waals surface area contributed by atoms with E-state index in [2.05, 4.69) is 47.2 Å². The maximum atomic E-state index is 12.4. The minimum absolute atomic E-state index is 0.0131. The van der Waals surface area contributed by atoms with Crippen LogP contribution in [0.3, 0.4) is 0 Å². The average molecular weight is 627 g/mol. The molecule has 1 fully saturated rings. The van der Waals surface area contributed by atoms with Crippen molar-refractivity contribution in [3.63, 3.8) is 0 Å². The summed E-state index contributed by atoms with van der Waals surface area (Å²) in [6, 6.07) is 11.9. The van der Waals surface area contributed by atoms with Crippen LogP contribution in [0.5, 0.6) is 5.75 Å². The molecule has 9 heteroatoms. The summed E-state index contributed by atoms with van der Waals surface area (Å²) in [6.45, 7) is 12.6. The Bertz CT molecular complexity index is 1250. The van der Waals surface area contributed by atoms with Crippen LogP contribution in [0.1, 0.15) is 67.7 Å². The number of amides is 1. The lowest BCUT2D eigenvalue weighted by Gasteiger charge is -2.42. The van der Waals surface area contributed by atoms with E-state index in [0.717, 1.165) is 55.2 Å². The average Bonchev–Trinajstić information content (AvgIpc) is 3.18. The van der Waals surface area contributed by atoms with Crippen molar-refractivity contribution < 1.29 is 29.3 Å². The number of hydrogen-bond donors (Lipinski definition) is 3. The summed E-state index contributed by atoms with van der Waals surface area (Å²) in [6.07, 6.45) is 6.61. The third-order valence-electron chi connectivity index (χ3n) is 8.41. The van der Waals surface area contributed by atoms with E-state index in [1.807, 2.05) is 24.3 Å². The number of carbonyl (C=O) groups is 2. The van der Waals surface area contributed by atoms with Gasteiger partial charge in [0, 0.05) is 30.6 Å². The van der Waals surface area contributed by atoms with Gasteiger partial charge in [0.25, 0.3) is 6.47 Å². The largest absolute Gasteiger partial charge is 0.491 e. The van der Waals surface area contributed by atoms with Crippen molar-refractivity contribution in [2.24, 2.45) is 11.8 Å². The van der Waals surface area contributed by atoms with E-state index < -0.39 is 12.2 Å². The number of ether oxygens (including phenoxy) is 2. The van der Waals surface area contributed by atoms with Gasteiger partial charge in [-0.05, 0) is 78.5 Å². The van der Waals surface area contributed by atoms with E-state index in [0.29, 0.717) is 37.5 Å². The third kappa shape index (κ3) is 9.58. The number of carbonyl (C=O) groups excluding carboxylic acids is 2. The number of hydrogen-bond acceptors (Lipinski definition) is 7. The topological polar surface area (TPSA) is 108 Å². The monoisotopic (exact) mass is 626 g/mol. The van der Waals surface area contributed by atoms with Gasteiger partial charge in [0.05, 0.1) is 38.0 Å². The van der Waals surface area contributed by atoms with Crippen molar-refractivity contribution in [1.82, 2.24) is 5.32 Å². The predicted molar refractivity (Wildman–Crippen MR) is 175 cm³/mol. The molecule has 1 aliphatic heterocycles. The summed E-state index contributed by atoms with van der Waals surface area (Å²) in [5, 5.41) is 25.0. The summed E-state index contributed by atoms with van der Waals surface area (Å²) in [4.78, 5) is 23.7. The summed E-state index contributed by atoms with van der Waals surface area (Å²) in [5.74, 6) is 1.20. The smallest absolute Gasteiger partial charge is 0.292 e. The summed E-state index contributed by atoms with van der Waals surface area (Å²) in [7, 11) is 1.31. The number of rotatable bonds is 14. The molecule has 3 N–H and O–H groups in total. The molecule has 1 amide bonds. The molecule has 0 saturated heterocycles. The molecule has 2 aromatic carbocycles. The van der Waals surface area contributed by atoms with Crippen LogP contribution in [0.4, 0.5) is 5.69 Å². The Morgan fingerprint density at radius 1 is 1.23 bits per heavy atom. The number of nitrogens with one attached hydrogen (secondary N) is 1. The number of aliphatic hydroxyl groups excluding tert-OH is 2. The molecule has 0 spiro atoms. The van der Waals surface area contributed by atoms with Gasteiger partial charge >= 0.3 is 0 Å². The highest BCUT2D eigenvalue weighted by atomic mass is 35.5.